The standard InChI is InChI=1S/C24H32F3N3O4S/c1-23(2,3)20-12-30(11-17-5-4-8-33-17)22(35-20)29-21(32)18-9-15(10-24(25,26)27)6-7-19(18)34-14-16(28)13-31/h6-7,9,12,16-17,31H,4-5,8,10-11,13-14,28H2,1-3H3/t16-,17+/m0/s1. The van der Waals surface area contributed by atoms with E-state index in [1.807, 2.05) is 10.8 Å². The molecule has 1 amide bonds. The van der Waals surface area contributed by atoms with Crippen molar-refractivity contribution in [3.63, 3.8) is 0 Å². The molecule has 1 fully saturated rings. The summed E-state index contributed by atoms with van der Waals surface area (Å²) < 4.78 is 52.1. The number of carbonyl (C=O) groups is 1. The molecule has 2 atom stereocenters. The van der Waals surface area contributed by atoms with Gasteiger partial charge in [0.05, 0.1) is 37.3 Å². The second kappa shape index (κ2) is 11.2. The van der Waals surface area contributed by atoms with Crippen molar-refractivity contribution in [2.24, 2.45) is 10.7 Å². The number of alkyl halides is 3. The van der Waals surface area contributed by atoms with Gasteiger partial charge in [-0.3, -0.25) is 4.79 Å². The van der Waals surface area contributed by atoms with Crippen molar-refractivity contribution in [3.05, 3.63) is 45.2 Å². The zero-order valence-electron chi connectivity index (χ0n) is 20.1. The number of nitrogens with zero attached hydrogens (tertiary/aromatic N) is 2. The number of hydrogen-bond donors (Lipinski definition) is 2. The van der Waals surface area contributed by atoms with Crippen molar-refractivity contribution >= 4 is 17.2 Å². The summed E-state index contributed by atoms with van der Waals surface area (Å²) in [5, 5.41) is 9.15. The number of ether oxygens (including phenoxy) is 2. The number of benzene rings is 1. The maximum absolute atomic E-state index is 13.3. The molecular formula is C24H32F3N3O4S. The Morgan fingerprint density at radius 1 is 1.37 bits per heavy atom. The number of aromatic nitrogens is 1. The fourth-order valence-corrected chi connectivity index (χ4v) is 4.62. The smallest absolute Gasteiger partial charge is 0.393 e. The molecule has 0 spiro atoms. The van der Waals surface area contributed by atoms with Crippen LogP contribution in [0.4, 0.5) is 13.2 Å². The van der Waals surface area contributed by atoms with E-state index in [2.05, 4.69) is 25.8 Å². The maximum Gasteiger partial charge on any atom is 0.393 e. The zero-order chi connectivity index (χ0) is 25.8. The van der Waals surface area contributed by atoms with E-state index in [-0.39, 0.29) is 41.6 Å². The highest BCUT2D eigenvalue weighted by molar-refractivity contribution is 7.09. The molecule has 0 radical (unpaired) electrons. The lowest BCUT2D eigenvalue weighted by atomic mass is 9.95. The Labute approximate surface area is 206 Å². The van der Waals surface area contributed by atoms with Crippen LogP contribution in [0.1, 0.15) is 54.4 Å². The van der Waals surface area contributed by atoms with Gasteiger partial charge in [-0.25, -0.2) is 0 Å². The Kier molecular flexibility index (Phi) is 8.79. The van der Waals surface area contributed by atoms with Gasteiger partial charge in [-0.05, 0) is 36.0 Å². The van der Waals surface area contributed by atoms with Crippen molar-refractivity contribution < 1.29 is 32.5 Å². The molecule has 2 heterocycles. The van der Waals surface area contributed by atoms with E-state index in [0.717, 1.165) is 23.8 Å². The first-order valence-corrected chi connectivity index (χ1v) is 12.3. The molecule has 0 unspecified atom stereocenters. The summed E-state index contributed by atoms with van der Waals surface area (Å²) in [6.07, 6.45) is -1.77. The van der Waals surface area contributed by atoms with Gasteiger partial charge in [0.25, 0.3) is 5.91 Å². The Balaban J connectivity index is 2.01. The van der Waals surface area contributed by atoms with Crippen LogP contribution in [0.2, 0.25) is 0 Å². The van der Waals surface area contributed by atoms with Crippen LogP contribution in [0.3, 0.4) is 0 Å². The van der Waals surface area contributed by atoms with Crippen molar-refractivity contribution in [2.75, 3.05) is 19.8 Å². The number of aliphatic hydroxyl groups is 1. The van der Waals surface area contributed by atoms with Crippen LogP contribution >= 0.6 is 11.3 Å². The van der Waals surface area contributed by atoms with Crippen LogP contribution in [-0.2, 0) is 23.1 Å². The molecule has 1 saturated heterocycles. The molecule has 0 bridgehead atoms. The summed E-state index contributed by atoms with van der Waals surface area (Å²) in [6, 6.07) is 3.01. The molecule has 35 heavy (non-hydrogen) atoms. The van der Waals surface area contributed by atoms with E-state index >= 15 is 0 Å². The van der Waals surface area contributed by atoms with Crippen LogP contribution < -0.4 is 15.3 Å². The van der Waals surface area contributed by atoms with Crippen molar-refractivity contribution in [1.29, 1.82) is 0 Å². The number of hydrogen-bond acceptors (Lipinski definition) is 6. The zero-order valence-corrected chi connectivity index (χ0v) is 20.9. The number of rotatable bonds is 8. The summed E-state index contributed by atoms with van der Waals surface area (Å²) >= 11 is 1.36. The minimum absolute atomic E-state index is 0.0143. The normalized spacial score (nSPS) is 18.2. The predicted molar refractivity (Wildman–Crippen MR) is 127 cm³/mol. The molecular weight excluding hydrogens is 483 g/mol. The van der Waals surface area contributed by atoms with Gasteiger partial charge in [0.2, 0.25) is 0 Å². The second-order valence-corrected chi connectivity index (χ2v) is 10.7. The van der Waals surface area contributed by atoms with Crippen LogP contribution in [0.5, 0.6) is 5.75 Å². The number of nitrogens with two attached hydrogens (primary N) is 1. The molecule has 1 aromatic heterocycles. The first-order chi connectivity index (χ1) is 16.4. The van der Waals surface area contributed by atoms with Crippen molar-refractivity contribution in [3.8, 4) is 5.75 Å². The molecule has 3 N–H and O–H groups in total. The lowest BCUT2D eigenvalue weighted by molar-refractivity contribution is -0.127. The summed E-state index contributed by atoms with van der Waals surface area (Å²) in [6.45, 7) is 6.93. The number of carbonyl (C=O) groups excluding carboxylic acids is 1. The molecule has 1 aliphatic rings. The fourth-order valence-electron chi connectivity index (χ4n) is 3.56. The van der Waals surface area contributed by atoms with Crippen LogP contribution in [0.25, 0.3) is 0 Å². The first kappa shape index (κ1) is 27.4. The molecule has 1 aliphatic heterocycles. The van der Waals surface area contributed by atoms with Gasteiger partial charge in [-0.15, -0.1) is 11.3 Å². The maximum atomic E-state index is 13.3. The minimum Gasteiger partial charge on any atom is -0.491 e. The highest BCUT2D eigenvalue weighted by atomic mass is 32.1. The topological polar surface area (TPSA) is 99.1 Å². The average molecular weight is 516 g/mol. The molecule has 0 aliphatic carbocycles. The number of aliphatic hydroxyl groups excluding tert-OH is 1. The summed E-state index contributed by atoms with van der Waals surface area (Å²) in [7, 11) is 0. The monoisotopic (exact) mass is 515 g/mol. The molecule has 1 aromatic carbocycles. The van der Waals surface area contributed by atoms with Gasteiger partial charge >= 0.3 is 6.18 Å². The van der Waals surface area contributed by atoms with E-state index in [0.29, 0.717) is 18.0 Å². The highest BCUT2D eigenvalue weighted by Crippen LogP contribution is 2.28. The third-order valence-corrected chi connectivity index (χ3v) is 6.89. The quantitative estimate of drug-likeness (QED) is 0.560. The van der Waals surface area contributed by atoms with E-state index in [9.17, 15) is 18.0 Å². The van der Waals surface area contributed by atoms with E-state index in [1.165, 1.54) is 23.5 Å². The van der Waals surface area contributed by atoms with Crippen molar-refractivity contribution in [1.82, 2.24) is 4.57 Å². The van der Waals surface area contributed by atoms with Crippen molar-refractivity contribution in [2.45, 2.75) is 70.3 Å². The molecule has 3 rings (SSSR count). The van der Waals surface area contributed by atoms with Gasteiger partial charge in [0.1, 0.15) is 12.4 Å². The SMILES string of the molecule is CC(C)(C)c1cn(C[C@H]2CCCO2)c(=NC(=O)c2cc(CC(F)(F)F)ccc2OC[C@@H](N)CO)s1. The Bertz CT molecular complexity index is 1080. The predicted octanol–water partition coefficient (Wildman–Crippen LogP) is 3.57. The van der Waals surface area contributed by atoms with Crippen LogP contribution in [0, 0.1) is 0 Å². The van der Waals surface area contributed by atoms with Gasteiger partial charge in [-0.2, -0.15) is 18.2 Å². The lowest BCUT2D eigenvalue weighted by Gasteiger charge is -2.15. The van der Waals surface area contributed by atoms with E-state index < -0.39 is 24.5 Å². The number of halogens is 3. The summed E-state index contributed by atoms with van der Waals surface area (Å²) in [4.78, 5) is 19.0. The molecule has 194 valence electrons. The molecule has 0 saturated carbocycles. The Morgan fingerprint density at radius 2 is 2.11 bits per heavy atom. The number of thiazole rings is 1. The van der Waals surface area contributed by atoms with E-state index in [4.69, 9.17) is 20.3 Å². The minimum atomic E-state index is -4.43. The molecule has 7 nitrogen and oxygen atoms in total. The number of amides is 1. The first-order valence-electron chi connectivity index (χ1n) is 11.5. The molecule has 11 heteroatoms. The summed E-state index contributed by atoms with van der Waals surface area (Å²) in [5.74, 6) is -0.656. The third kappa shape index (κ3) is 7.89. The second-order valence-electron chi connectivity index (χ2n) is 9.71. The van der Waals surface area contributed by atoms with Crippen LogP contribution in [0.15, 0.2) is 29.4 Å². The Morgan fingerprint density at radius 3 is 2.71 bits per heavy atom. The lowest BCUT2D eigenvalue weighted by Crippen LogP contribution is -2.31. The van der Waals surface area contributed by atoms with Gasteiger partial charge in [-0.1, -0.05) is 26.8 Å². The Hall–Kier alpha value is -2.21. The summed E-state index contributed by atoms with van der Waals surface area (Å²) in [5.41, 5.74) is 5.33. The fraction of sp³-hybridized carbons (Fsp3) is 0.583. The van der Waals surface area contributed by atoms with Gasteiger partial charge in [0.15, 0.2) is 4.80 Å². The molecule has 2 aromatic rings. The van der Waals surface area contributed by atoms with E-state index in [1.54, 1.807) is 0 Å². The largest absolute Gasteiger partial charge is 0.491 e. The van der Waals surface area contributed by atoms with Gasteiger partial charge in [0, 0.05) is 17.7 Å². The highest BCUT2D eigenvalue weighted by Gasteiger charge is 2.29. The van der Waals surface area contributed by atoms with Gasteiger partial charge < -0.3 is 24.9 Å². The average Bonchev–Trinajstić information content (AvgIpc) is 3.41. The van der Waals surface area contributed by atoms with Crippen LogP contribution in [-0.4, -0.2) is 53.7 Å². The third-order valence-electron chi connectivity index (χ3n) is 5.45.